The van der Waals surface area contributed by atoms with Gasteiger partial charge in [0.2, 0.25) is 21.8 Å². The van der Waals surface area contributed by atoms with E-state index >= 15 is 4.39 Å². The fourth-order valence-corrected chi connectivity index (χ4v) is 8.30. The number of nitrogens with one attached hydrogen (secondary N) is 4. The Hall–Kier alpha value is -2.24. The van der Waals surface area contributed by atoms with Gasteiger partial charge in [0.05, 0.1) is 17.3 Å². The van der Waals surface area contributed by atoms with Gasteiger partial charge >= 0.3 is 0 Å². The van der Waals surface area contributed by atoms with Crippen LogP contribution >= 0.6 is 23.2 Å². The number of fused-ring (bicyclic) bond motifs is 2. The number of sulfonamides is 1. The molecule has 0 bridgehead atoms. The molecule has 1 spiro atoms. The maximum atomic E-state index is 15.9. The van der Waals surface area contributed by atoms with Crippen molar-refractivity contribution < 1.29 is 22.4 Å². The third kappa shape index (κ3) is 5.93. The molecule has 228 valence electrons. The predicted molar refractivity (Wildman–Crippen MR) is 163 cm³/mol. The summed E-state index contributed by atoms with van der Waals surface area (Å²) in [5, 5.41) is 9.95. The van der Waals surface area contributed by atoms with Crippen molar-refractivity contribution in [3.63, 3.8) is 0 Å². The van der Waals surface area contributed by atoms with Gasteiger partial charge in [-0.25, -0.2) is 17.5 Å². The van der Waals surface area contributed by atoms with Crippen LogP contribution in [0, 0.1) is 11.2 Å². The molecule has 42 heavy (non-hydrogen) atoms. The molecule has 2 aliphatic heterocycles. The number of anilines is 1. The second kappa shape index (κ2) is 11.4. The second-order valence-electron chi connectivity index (χ2n) is 13.0. The quantitative estimate of drug-likeness (QED) is 0.361. The predicted octanol–water partition coefficient (Wildman–Crippen LogP) is 4.86. The van der Waals surface area contributed by atoms with Crippen molar-refractivity contribution >= 4 is 50.7 Å². The van der Waals surface area contributed by atoms with Crippen LogP contribution in [0.15, 0.2) is 36.4 Å². The van der Waals surface area contributed by atoms with E-state index in [9.17, 15) is 18.0 Å². The maximum Gasteiger partial charge on any atom is 0.238 e. The molecule has 8 nitrogen and oxygen atoms in total. The van der Waals surface area contributed by atoms with Gasteiger partial charge in [-0.15, -0.1) is 0 Å². The Balaban J connectivity index is 1.56. The lowest BCUT2D eigenvalue weighted by atomic mass is 9.62. The fourth-order valence-electron chi connectivity index (χ4n) is 7.10. The Bertz CT molecular complexity index is 1510. The summed E-state index contributed by atoms with van der Waals surface area (Å²) in [5.74, 6) is -2.25. The van der Waals surface area contributed by atoms with Gasteiger partial charge < -0.3 is 16.0 Å². The van der Waals surface area contributed by atoms with Gasteiger partial charge in [0.1, 0.15) is 11.2 Å². The number of amides is 2. The molecular weight excluding hydrogens is 602 g/mol. The summed E-state index contributed by atoms with van der Waals surface area (Å²) in [7, 11) is -3.33. The molecule has 2 fully saturated rings. The molecule has 2 aromatic rings. The first kappa shape index (κ1) is 31.2. The summed E-state index contributed by atoms with van der Waals surface area (Å²) in [6.45, 7) is 6.18. The first-order valence-electron chi connectivity index (χ1n) is 14.2. The van der Waals surface area contributed by atoms with Crippen molar-refractivity contribution in [2.45, 2.75) is 88.4 Å². The standard InChI is InChI=1S/C30H37Cl2FN4O4S/c1-29(2,3)15-23-30(20-13-8-16(31)14-22(20)35-28(30)39)24(19-6-5-7-21(32)25(19)33)26(36-23)27(38)34-17-9-11-18(12-10-17)37-42(4,40)41/h5-8,13-14,17-18,23-24,26,36-37H,9-12,15H2,1-4H3,(H,34,38)(H,35,39)/t17?,18?,23-,24+,26-,30+/m1/s1. The second-order valence-corrected chi connectivity index (χ2v) is 15.7. The zero-order valence-corrected chi connectivity index (χ0v) is 26.4. The first-order valence-corrected chi connectivity index (χ1v) is 16.8. The highest BCUT2D eigenvalue weighted by atomic mass is 35.5. The third-order valence-electron chi connectivity index (χ3n) is 8.68. The van der Waals surface area contributed by atoms with Gasteiger partial charge in [-0.2, -0.15) is 0 Å². The minimum absolute atomic E-state index is 0.0903. The molecule has 0 radical (unpaired) electrons. The van der Waals surface area contributed by atoms with E-state index in [4.69, 9.17) is 23.2 Å². The van der Waals surface area contributed by atoms with E-state index in [-0.39, 0.29) is 39.9 Å². The maximum absolute atomic E-state index is 15.9. The van der Waals surface area contributed by atoms with E-state index in [1.807, 2.05) is 0 Å². The van der Waals surface area contributed by atoms with Crippen LogP contribution in [-0.4, -0.2) is 50.7 Å². The van der Waals surface area contributed by atoms with Crippen molar-refractivity contribution in [3.05, 3.63) is 63.4 Å². The lowest BCUT2D eigenvalue weighted by molar-refractivity contribution is -0.124. The van der Waals surface area contributed by atoms with E-state index in [1.54, 1.807) is 30.3 Å². The summed E-state index contributed by atoms with van der Waals surface area (Å²) < 4.78 is 41.9. The zero-order chi connectivity index (χ0) is 30.6. The van der Waals surface area contributed by atoms with Crippen molar-refractivity contribution in [2.24, 2.45) is 5.41 Å². The first-order chi connectivity index (χ1) is 19.6. The lowest BCUT2D eigenvalue weighted by Crippen LogP contribution is -2.50. The Morgan fingerprint density at radius 1 is 1.10 bits per heavy atom. The largest absolute Gasteiger partial charge is 0.352 e. The van der Waals surface area contributed by atoms with Crippen LogP contribution in [0.5, 0.6) is 0 Å². The fraction of sp³-hybridized carbons (Fsp3) is 0.533. The summed E-state index contributed by atoms with van der Waals surface area (Å²) in [6, 6.07) is 8.00. The average Bonchev–Trinajstić information content (AvgIpc) is 3.35. The van der Waals surface area contributed by atoms with Crippen LogP contribution in [0.1, 0.15) is 69.9 Å². The molecule has 2 amide bonds. The Kier molecular flexibility index (Phi) is 8.43. The minimum Gasteiger partial charge on any atom is -0.352 e. The lowest BCUT2D eigenvalue weighted by Gasteiger charge is -2.38. The van der Waals surface area contributed by atoms with Gasteiger partial charge in [-0.05, 0) is 66.8 Å². The summed E-state index contributed by atoms with van der Waals surface area (Å²) >= 11 is 12.6. The molecule has 4 N–H and O–H groups in total. The van der Waals surface area contributed by atoms with Gasteiger partial charge in [-0.1, -0.05) is 62.2 Å². The number of benzene rings is 2. The highest BCUT2D eigenvalue weighted by Gasteiger charge is 2.66. The minimum atomic E-state index is -3.33. The number of rotatable bonds is 6. The van der Waals surface area contributed by atoms with Crippen LogP contribution in [0.2, 0.25) is 10.0 Å². The van der Waals surface area contributed by atoms with Crippen LogP contribution < -0.4 is 20.7 Å². The Morgan fingerprint density at radius 3 is 2.40 bits per heavy atom. The van der Waals surface area contributed by atoms with Gasteiger partial charge in [0, 0.05) is 34.8 Å². The SMILES string of the molecule is CC(C)(C)C[C@H]1N[C@@H](C(=O)NC2CCC(NS(C)(=O)=O)CC2)[C@H](c2cccc(Cl)c2F)[C@@]12C(=O)Nc1cc(Cl)ccc12. The number of carbonyl (C=O) groups excluding carboxylic acids is 2. The molecule has 12 heteroatoms. The van der Waals surface area contributed by atoms with E-state index in [1.165, 1.54) is 6.07 Å². The van der Waals surface area contributed by atoms with E-state index in [2.05, 4.69) is 41.4 Å². The molecule has 2 aromatic carbocycles. The zero-order valence-electron chi connectivity index (χ0n) is 24.1. The Morgan fingerprint density at radius 2 is 1.76 bits per heavy atom. The molecule has 3 aliphatic rings. The van der Waals surface area contributed by atoms with E-state index in [0.29, 0.717) is 48.4 Å². The topological polar surface area (TPSA) is 116 Å². The van der Waals surface area contributed by atoms with Gasteiger partial charge in [0.25, 0.3) is 0 Å². The highest BCUT2D eigenvalue weighted by molar-refractivity contribution is 7.88. The van der Waals surface area contributed by atoms with Crippen molar-refractivity contribution in [1.82, 2.24) is 15.4 Å². The molecule has 1 saturated heterocycles. The molecule has 0 unspecified atom stereocenters. The average molecular weight is 640 g/mol. The molecule has 0 aromatic heterocycles. The summed E-state index contributed by atoms with van der Waals surface area (Å²) in [5.41, 5.74) is -0.180. The number of carbonyl (C=O) groups is 2. The highest BCUT2D eigenvalue weighted by Crippen LogP contribution is 2.57. The third-order valence-corrected chi connectivity index (χ3v) is 9.96. The molecule has 1 saturated carbocycles. The van der Waals surface area contributed by atoms with Crippen LogP contribution in [0.25, 0.3) is 0 Å². The molecule has 5 rings (SSSR count). The van der Waals surface area contributed by atoms with Crippen molar-refractivity contribution in [2.75, 3.05) is 11.6 Å². The van der Waals surface area contributed by atoms with E-state index in [0.717, 1.165) is 6.26 Å². The number of hydrogen-bond acceptors (Lipinski definition) is 5. The molecule has 4 atom stereocenters. The normalized spacial score (nSPS) is 29.4. The van der Waals surface area contributed by atoms with Gasteiger partial charge in [-0.3, -0.25) is 9.59 Å². The van der Waals surface area contributed by atoms with Crippen molar-refractivity contribution in [3.8, 4) is 0 Å². The Labute approximate surface area is 256 Å². The molecule has 1 aliphatic carbocycles. The monoisotopic (exact) mass is 638 g/mol. The van der Waals surface area contributed by atoms with Crippen LogP contribution in [0.4, 0.5) is 10.1 Å². The number of halogens is 3. The summed E-state index contributed by atoms with van der Waals surface area (Å²) in [4.78, 5) is 28.3. The smallest absolute Gasteiger partial charge is 0.238 e. The van der Waals surface area contributed by atoms with Gasteiger partial charge in [0.15, 0.2) is 0 Å². The summed E-state index contributed by atoms with van der Waals surface area (Å²) in [6.07, 6.45) is 3.98. The van der Waals surface area contributed by atoms with Crippen molar-refractivity contribution in [1.29, 1.82) is 0 Å². The molecular formula is C30H37Cl2FN4O4S. The molecule has 2 heterocycles. The van der Waals surface area contributed by atoms with Crippen LogP contribution in [-0.2, 0) is 25.0 Å². The van der Waals surface area contributed by atoms with Crippen LogP contribution in [0.3, 0.4) is 0 Å². The number of hydrogen-bond donors (Lipinski definition) is 4. The van der Waals surface area contributed by atoms with E-state index < -0.39 is 39.3 Å².